The summed E-state index contributed by atoms with van der Waals surface area (Å²) in [4.78, 5) is 11.4. The van der Waals surface area contributed by atoms with Crippen LogP contribution in [-0.2, 0) is 11.2 Å². The molecule has 0 radical (unpaired) electrons. The zero-order valence-corrected chi connectivity index (χ0v) is 10.6. The second-order valence-electron chi connectivity index (χ2n) is 4.01. The maximum Gasteiger partial charge on any atom is 0.407 e. The first-order valence-electron chi connectivity index (χ1n) is 5.25. The zero-order chi connectivity index (χ0) is 12.0. The zero-order valence-electron chi connectivity index (χ0n) is 9.82. The average molecular weight is 243 g/mol. The molecule has 0 aliphatic heterocycles. The van der Waals surface area contributed by atoms with Crippen LogP contribution in [0.5, 0.6) is 0 Å². The summed E-state index contributed by atoms with van der Waals surface area (Å²) in [5.41, 5.74) is 1.26. The van der Waals surface area contributed by atoms with Crippen LogP contribution in [0.3, 0.4) is 0 Å². The van der Waals surface area contributed by atoms with Crippen molar-refractivity contribution < 1.29 is 9.53 Å². The number of rotatable bonds is 5. The van der Waals surface area contributed by atoms with Crippen LogP contribution >= 0.6 is 11.3 Å². The molecule has 0 saturated heterocycles. The molecule has 0 saturated carbocycles. The second kappa shape index (κ2) is 5.79. The van der Waals surface area contributed by atoms with E-state index in [1.54, 1.807) is 5.51 Å². The van der Waals surface area contributed by atoms with E-state index in [1.807, 2.05) is 20.8 Å². The van der Waals surface area contributed by atoms with E-state index in [2.05, 4.69) is 15.5 Å². The van der Waals surface area contributed by atoms with Crippen LogP contribution in [-0.4, -0.2) is 28.4 Å². The Balaban J connectivity index is 2.20. The number of carbonyl (C=O) groups is 1. The minimum Gasteiger partial charge on any atom is -0.444 e. The Kier molecular flexibility index (Phi) is 4.67. The highest BCUT2D eigenvalue weighted by molar-refractivity contribution is 7.09. The lowest BCUT2D eigenvalue weighted by atomic mass is 10.1. The molecule has 0 spiro atoms. The second-order valence-corrected chi connectivity index (χ2v) is 4.93. The first-order valence-corrected chi connectivity index (χ1v) is 6.13. The van der Waals surface area contributed by atoms with Gasteiger partial charge in [0, 0.05) is 13.0 Å². The highest BCUT2D eigenvalue weighted by Crippen LogP contribution is 2.13. The van der Waals surface area contributed by atoms with E-state index in [4.69, 9.17) is 4.74 Å². The summed E-state index contributed by atoms with van der Waals surface area (Å²) >= 11 is 1.48. The number of hydrogen-bond acceptors (Lipinski definition) is 5. The Morgan fingerprint density at radius 1 is 1.62 bits per heavy atom. The van der Waals surface area contributed by atoms with Gasteiger partial charge in [-0.1, -0.05) is 6.92 Å². The van der Waals surface area contributed by atoms with Gasteiger partial charge in [-0.05, 0) is 20.3 Å². The summed E-state index contributed by atoms with van der Waals surface area (Å²) in [5.74, 6) is 0. The van der Waals surface area contributed by atoms with Gasteiger partial charge in [0.1, 0.15) is 16.1 Å². The van der Waals surface area contributed by atoms with Crippen LogP contribution in [0.2, 0.25) is 0 Å². The maximum atomic E-state index is 11.4. The number of aromatic nitrogens is 2. The molecule has 1 N–H and O–H groups in total. The van der Waals surface area contributed by atoms with Gasteiger partial charge in [0.05, 0.1) is 0 Å². The van der Waals surface area contributed by atoms with Crippen LogP contribution in [0.1, 0.15) is 32.2 Å². The fourth-order valence-electron chi connectivity index (χ4n) is 0.936. The number of hydrogen-bond donors (Lipinski definition) is 1. The fraction of sp³-hybridized carbons (Fsp3) is 0.700. The first-order chi connectivity index (χ1) is 7.53. The number of alkyl carbamates (subject to hydrolysis) is 1. The molecule has 1 aromatic rings. The molecular weight excluding hydrogens is 226 g/mol. The largest absolute Gasteiger partial charge is 0.444 e. The molecule has 0 bridgehead atoms. The van der Waals surface area contributed by atoms with Gasteiger partial charge in [-0.25, -0.2) is 4.79 Å². The molecule has 6 heteroatoms. The van der Waals surface area contributed by atoms with Crippen molar-refractivity contribution in [2.24, 2.45) is 0 Å². The molecule has 5 nitrogen and oxygen atoms in total. The highest BCUT2D eigenvalue weighted by Gasteiger charge is 2.19. The first kappa shape index (κ1) is 12.9. The Morgan fingerprint density at radius 2 is 2.38 bits per heavy atom. The summed E-state index contributed by atoms with van der Waals surface area (Å²) in [6, 6.07) is 0. The van der Waals surface area contributed by atoms with Crippen LogP contribution < -0.4 is 5.32 Å². The third kappa shape index (κ3) is 4.57. The molecule has 0 aliphatic carbocycles. The van der Waals surface area contributed by atoms with Gasteiger partial charge >= 0.3 is 6.09 Å². The SMILES string of the molecule is CCC(C)(C)OC(=O)NCCc1nncs1. The van der Waals surface area contributed by atoms with Crippen molar-refractivity contribution in [2.45, 2.75) is 39.2 Å². The lowest BCUT2D eigenvalue weighted by Crippen LogP contribution is -2.35. The molecule has 0 fully saturated rings. The van der Waals surface area contributed by atoms with Crippen molar-refractivity contribution in [3.63, 3.8) is 0 Å². The molecule has 0 unspecified atom stereocenters. The minimum atomic E-state index is -0.410. The van der Waals surface area contributed by atoms with Gasteiger partial charge < -0.3 is 10.1 Å². The van der Waals surface area contributed by atoms with Crippen LogP contribution in [0, 0.1) is 0 Å². The van der Waals surface area contributed by atoms with Crippen LogP contribution in [0.4, 0.5) is 4.79 Å². The Morgan fingerprint density at radius 3 is 2.94 bits per heavy atom. The van der Waals surface area contributed by atoms with E-state index in [9.17, 15) is 4.79 Å². The Labute approximate surface area is 99.2 Å². The maximum absolute atomic E-state index is 11.4. The van der Waals surface area contributed by atoms with Gasteiger partial charge in [0.2, 0.25) is 0 Å². The third-order valence-electron chi connectivity index (χ3n) is 2.23. The smallest absolute Gasteiger partial charge is 0.407 e. The lowest BCUT2D eigenvalue weighted by Gasteiger charge is -2.23. The summed E-state index contributed by atoms with van der Waals surface area (Å²) in [6.45, 7) is 6.27. The predicted molar refractivity (Wildman–Crippen MR) is 62.5 cm³/mol. The normalized spacial score (nSPS) is 11.2. The molecule has 0 aliphatic rings. The predicted octanol–water partition coefficient (Wildman–Crippen LogP) is 2.00. The molecule has 1 rings (SSSR count). The van der Waals surface area contributed by atoms with E-state index in [0.717, 1.165) is 11.4 Å². The van der Waals surface area contributed by atoms with Crippen molar-refractivity contribution in [1.29, 1.82) is 0 Å². The molecule has 1 amide bonds. The van der Waals surface area contributed by atoms with Gasteiger partial charge in [-0.15, -0.1) is 21.5 Å². The highest BCUT2D eigenvalue weighted by atomic mass is 32.1. The van der Waals surface area contributed by atoms with E-state index in [0.29, 0.717) is 13.0 Å². The number of carbonyl (C=O) groups excluding carboxylic acids is 1. The number of ether oxygens (including phenoxy) is 1. The van der Waals surface area contributed by atoms with Crippen molar-refractivity contribution in [3.8, 4) is 0 Å². The van der Waals surface area contributed by atoms with Gasteiger partial charge in [0.25, 0.3) is 0 Å². The van der Waals surface area contributed by atoms with Gasteiger partial charge in [-0.2, -0.15) is 0 Å². The number of nitrogens with one attached hydrogen (secondary N) is 1. The molecule has 0 aromatic carbocycles. The average Bonchev–Trinajstić information content (AvgIpc) is 2.70. The van der Waals surface area contributed by atoms with E-state index in [-0.39, 0.29) is 6.09 Å². The lowest BCUT2D eigenvalue weighted by molar-refractivity contribution is 0.0364. The van der Waals surface area contributed by atoms with Gasteiger partial charge in [-0.3, -0.25) is 0 Å². The van der Waals surface area contributed by atoms with Gasteiger partial charge in [0.15, 0.2) is 0 Å². The van der Waals surface area contributed by atoms with Crippen molar-refractivity contribution in [3.05, 3.63) is 10.5 Å². The Hall–Kier alpha value is -1.17. The fourth-order valence-corrected chi connectivity index (χ4v) is 1.47. The van der Waals surface area contributed by atoms with Crippen LogP contribution in [0.15, 0.2) is 5.51 Å². The summed E-state index contributed by atoms with van der Waals surface area (Å²) in [6.07, 6.45) is 1.10. The summed E-state index contributed by atoms with van der Waals surface area (Å²) < 4.78 is 5.22. The minimum absolute atomic E-state index is 0.378. The van der Waals surface area contributed by atoms with Crippen LogP contribution in [0.25, 0.3) is 0 Å². The quantitative estimate of drug-likeness (QED) is 0.859. The number of nitrogens with zero attached hydrogens (tertiary/aromatic N) is 2. The summed E-state index contributed by atoms with van der Waals surface area (Å²) in [7, 11) is 0. The third-order valence-corrected chi connectivity index (χ3v) is 2.99. The van der Waals surface area contributed by atoms with E-state index in [1.165, 1.54) is 11.3 Å². The van der Waals surface area contributed by atoms with E-state index >= 15 is 0 Å². The molecule has 16 heavy (non-hydrogen) atoms. The number of amides is 1. The standard InChI is InChI=1S/C10H17N3O2S/c1-4-10(2,3)15-9(14)11-6-5-8-13-12-7-16-8/h7H,4-6H2,1-3H3,(H,11,14). The molecule has 1 heterocycles. The Bertz CT molecular complexity index is 325. The molecular formula is C10H17N3O2S. The summed E-state index contributed by atoms with van der Waals surface area (Å²) in [5, 5.41) is 11.2. The van der Waals surface area contributed by atoms with Crippen molar-refractivity contribution >= 4 is 17.4 Å². The van der Waals surface area contributed by atoms with Crippen molar-refractivity contribution in [2.75, 3.05) is 6.54 Å². The molecule has 0 atom stereocenters. The van der Waals surface area contributed by atoms with Crippen molar-refractivity contribution in [1.82, 2.24) is 15.5 Å². The van der Waals surface area contributed by atoms with E-state index < -0.39 is 5.60 Å². The monoisotopic (exact) mass is 243 g/mol. The molecule has 90 valence electrons. The topological polar surface area (TPSA) is 64.1 Å². The molecule has 1 aromatic heterocycles.